The van der Waals surface area contributed by atoms with Crippen LogP contribution in [0.1, 0.15) is 16.7 Å². The number of alkyl halides is 6. The number of halogens is 6. The smallest absolute Gasteiger partial charge is 0.323 e. The first-order valence-electron chi connectivity index (χ1n) is 7.17. The summed E-state index contributed by atoms with van der Waals surface area (Å²) >= 11 is 0. The van der Waals surface area contributed by atoms with Gasteiger partial charge in [0, 0.05) is 31.7 Å². The van der Waals surface area contributed by atoms with E-state index in [2.05, 4.69) is 10.3 Å². The lowest BCUT2D eigenvalue weighted by atomic mass is 10.1. The highest BCUT2D eigenvalue weighted by atomic mass is 19.4. The van der Waals surface area contributed by atoms with Crippen molar-refractivity contribution in [3.63, 3.8) is 0 Å². The van der Waals surface area contributed by atoms with Gasteiger partial charge in [-0.1, -0.05) is 0 Å². The van der Waals surface area contributed by atoms with Gasteiger partial charge < -0.3 is 10.2 Å². The summed E-state index contributed by atoms with van der Waals surface area (Å²) in [6.07, 6.45) is -6.99. The summed E-state index contributed by atoms with van der Waals surface area (Å²) in [6.45, 7) is 0.0967. The van der Waals surface area contributed by atoms with E-state index in [9.17, 15) is 31.1 Å². The van der Waals surface area contributed by atoms with Gasteiger partial charge in [0.2, 0.25) is 0 Å². The topological polar surface area (TPSA) is 45.2 Å². The number of carbonyl (C=O) groups is 1. The zero-order valence-electron chi connectivity index (χ0n) is 13.3. The Hall–Kier alpha value is -2.78. The lowest BCUT2D eigenvalue weighted by Gasteiger charge is -2.19. The predicted molar refractivity (Wildman–Crippen MR) is 81.2 cm³/mol. The first-order chi connectivity index (χ1) is 12.0. The maximum atomic E-state index is 12.8. The largest absolute Gasteiger partial charge is 0.416 e. The van der Waals surface area contributed by atoms with Crippen molar-refractivity contribution in [2.24, 2.45) is 0 Å². The molecule has 4 nitrogen and oxygen atoms in total. The van der Waals surface area contributed by atoms with E-state index in [-0.39, 0.29) is 12.6 Å². The molecule has 0 saturated heterocycles. The van der Waals surface area contributed by atoms with E-state index in [1.165, 1.54) is 19.4 Å². The SMILES string of the molecule is CN(Cc1ccncc1)C(=O)Nc1cc(C(F)(F)F)cc(C(F)(F)F)c1. The number of rotatable bonds is 3. The van der Waals surface area contributed by atoms with Gasteiger partial charge in [-0.05, 0) is 35.9 Å². The lowest BCUT2D eigenvalue weighted by molar-refractivity contribution is -0.143. The minimum Gasteiger partial charge on any atom is -0.323 e. The molecule has 0 unspecified atom stereocenters. The molecule has 1 aromatic heterocycles. The quantitative estimate of drug-likeness (QED) is 0.783. The second-order valence-corrected chi connectivity index (χ2v) is 5.44. The van der Waals surface area contributed by atoms with Gasteiger partial charge in [-0.25, -0.2) is 4.79 Å². The van der Waals surface area contributed by atoms with Gasteiger partial charge in [-0.15, -0.1) is 0 Å². The minimum absolute atomic E-state index is 0.00363. The monoisotopic (exact) mass is 377 g/mol. The molecular formula is C16H13F6N3O. The zero-order valence-corrected chi connectivity index (χ0v) is 13.3. The molecule has 10 heteroatoms. The average molecular weight is 377 g/mol. The van der Waals surface area contributed by atoms with Crippen LogP contribution < -0.4 is 5.32 Å². The van der Waals surface area contributed by atoms with Crippen LogP contribution in [-0.4, -0.2) is 23.0 Å². The molecule has 0 atom stereocenters. The number of urea groups is 1. The molecule has 0 aliphatic rings. The summed E-state index contributed by atoms with van der Waals surface area (Å²) in [7, 11) is 1.36. The van der Waals surface area contributed by atoms with Crippen LogP contribution in [0.15, 0.2) is 42.7 Å². The summed E-state index contributed by atoms with van der Waals surface area (Å²) in [4.78, 5) is 17.0. The Balaban J connectivity index is 2.23. The fourth-order valence-corrected chi connectivity index (χ4v) is 2.08. The van der Waals surface area contributed by atoms with E-state index in [0.717, 1.165) is 4.90 Å². The van der Waals surface area contributed by atoms with E-state index < -0.39 is 35.2 Å². The number of nitrogens with zero attached hydrogens (tertiary/aromatic N) is 2. The second-order valence-electron chi connectivity index (χ2n) is 5.44. The van der Waals surface area contributed by atoms with Crippen molar-refractivity contribution in [1.29, 1.82) is 0 Å². The summed E-state index contributed by atoms with van der Waals surface area (Å²) < 4.78 is 76.9. The fourth-order valence-electron chi connectivity index (χ4n) is 2.08. The minimum atomic E-state index is -4.98. The van der Waals surface area contributed by atoms with Crippen molar-refractivity contribution in [2.45, 2.75) is 18.9 Å². The fraction of sp³-hybridized carbons (Fsp3) is 0.250. The first-order valence-corrected chi connectivity index (χ1v) is 7.17. The molecule has 26 heavy (non-hydrogen) atoms. The number of aromatic nitrogens is 1. The Bertz CT molecular complexity index is 742. The van der Waals surface area contributed by atoms with Crippen molar-refractivity contribution < 1.29 is 31.1 Å². The van der Waals surface area contributed by atoms with Gasteiger partial charge in [0.15, 0.2) is 0 Å². The number of amides is 2. The highest BCUT2D eigenvalue weighted by Crippen LogP contribution is 2.37. The Morgan fingerprint density at radius 2 is 1.50 bits per heavy atom. The lowest BCUT2D eigenvalue weighted by Crippen LogP contribution is -2.31. The second kappa shape index (κ2) is 7.22. The highest BCUT2D eigenvalue weighted by molar-refractivity contribution is 5.89. The molecule has 0 saturated carbocycles. The third kappa shape index (κ3) is 5.11. The van der Waals surface area contributed by atoms with E-state index in [1.54, 1.807) is 12.1 Å². The molecule has 2 rings (SSSR count). The molecule has 0 bridgehead atoms. The van der Waals surface area contributed by atoms with Crippen molar-refractivity contribution in [2.75, 3.05) is 12.4 Å². The first kappa shape index (κ1) is 19.5. The molecule has 0 fully saturated rings. The number of carbonyl (C=O) groups excluding carboxylic acids is 1. The highest BCUT2D eigenvalue weighted by Gasteiger charge is 2.37. The standard InChI is InChI=1S/C16H13F6N3O/c1-25(9-10-2-4-23-5-3-10)14(26)24-13-7-11(15(17,18)19)6-12(8-13)16(20,21)22/h2-8H,9H2,1H3,(H,24,26). The zero-order chi connectivity index (χ0) is 19.5. The van der Waals surface area contributed by atoms with Gasteiger partial charge in [-0.2, -0.15) is 26.3 Å². The number of hydrogen-bond acceptors (Lipinski definition) is 2. The molecular weight excluding hydrogens is 364 g/mol. The number of pyridine rings is 1. The van der Waals surface area contributed by atoms with Gasteiger partial charge in [-0.3, -0.25) is 4.98 Å². The maximum absolute atomic E-state index is 12.8. The van der Waals surface area contributed by atoms with Crippen LogP contribution in [0.25, 0.3) is 0 Å². The van der Waals surface area contributed by atoms with Crippen molar-refractivity contribution in [3.8, 4) is 0 Å². The van der Waals surface area contributed by atoms with Crippen molar-refractivity contribution in [1.82, 2.24) is 9.88 Å². The van der Waals surface area contributed by atoms with Crippen molar-refractivity contribution in [3.05, 3.63) is 59.4 Å². The van der Waals surface area contributed by atoms with Crippen LogP contribution in [0.3, 0.4) is 0 Å². The normalized spacial score (nSPS) is 12.0. The molecule has 2 aromatic rings. The Kier molecular flexibility index (Phi) is 5.43. The van der Waals surface area contributed by atoms with Gasteiger partial charge in [0.1, 0.15) is 0 Å². The Labute approximate surface area is 144 Å². The van der Waals surface area contributed by atoms with Crippen LogP contribution in [-0.2, 0) is 18.9 Å². The van der Waals surface area contributed by atoms with Crippen molar-refractivity contribution >= 4 is 11.7 Å². The molecule has 140 valence electrons. The van der Waals surface area contributed by atoms with Gasteiger partial charge >= 0.3 is 18.4 Å². The maximum Gasteiger partial charge on any atom is 0.416 e. The molecule has 1 heterocycles. The molecule has 0 aliphatic carbocycles. The molecule has 2 amide bonds. The summed E-state index contributed by atoms with van der Waals surface area (Å²) in [5.41, 5.74) is -2.91. The molecule has 1 N–H and O–H groups in total. The van der Waals surface area contributed by atoms with Crippen LogP contribution in [0.5, 0.6) is 0 Å². The van der Waals surface area contributed by atoms with E-state index in [0.29, 0.717) is 17.7 Å². The summed E-state index contributed by atoms with van der Waals surface area (Å²) in [5, 5.41) is 2.06. The summed E-state index contributed by atoms with van der Waals surface area (Å²) in [5.74, 6) is 0. The van der Waals surface area contributed by atoms with Gasteiger partial charge in [0.05, 0.1) is 11.1 Å². The molecule has 0 radical (unpaired) electrons. The molecule has 1 aromatic carbocycles. The van der Waals surface area contributed by atoms with E-state index in [1.807, 2.05) is 0 Å². The van der Waals surface area contributed by atoms with E-state index in [4.69, 9.17) is 0 Å². The van der Waals surface area contributed by atoms with Crippen LogP contribution in [0.2, 0.25) is 0 Å². The Morgan fingerprint density at radius 3 is 1.96 bits per heavy atom. The van der Waals surface area contributed by atoms with Crippen LogP contribution in [0.4, 0.5) is 36.8 Å². The number of anilines is 1. The Morgan fingerprint density at radius 1 is 1.00 bits per heavy atom. The predicted octanol–water partition coefficient (Wildman–Crippen LogP) is 4.78. The van der Waals surface area contributed by atoms with E-state index >= 15 is 0 Å². The third-order valence-electron chi connectivity index (χ3n) is 3.35. The number of nitrogens with one attached hydrogen (secondary N) is 1. The summed E-state index contributed by atoms with van der Waals surface area (Å²) in [6, 6.07) is 3.29. The average Bonchev–Trinajstić information content (AvgIpc) is 2.53. The number of hydrogen-bond donors (Lipinski definition) is 1. The number of benzene rings is 1. The third-order valence-corrected chi connectivity index (χ3v) is 3.35. The van der Waals surface area contributed by atoms with Crippen LogP contribution in [0, 0.1) is 0 Å². The molecule has 0 spiro atoms. The van der Waals surface area contributed by atoms with Crippen LogP contribution >= 0.6 is 0 Å². The molecule has 0 aliphatic heterocycles. The van der Waals surface area contributed by atoms with Gasteiger partial charge in [0.25, 0.3) is 0 Å².